The van der Waals surface area contributed by atoms with Gasteiger partial charge in [0, 0.05) is 45.1 Å². The molecule has 2 N–H and O–H groups in total. The van der Waals surface area contributed by atoms with Gasteiger partial charge in [-0.25, -0.2) is 0 Å². The summed E-state index contributed by atoms with van der Waals surface area (Å²) in [6.45, 7) is -3.16. The van der Waals surface area contributed by atoms with Crippen molar-refractivity contribution in [2.45, 2.75) is 65.0 Å². The normalized spacial score (nSPS) is 39.9. The van der Waals surface area contributed by atoms with Gasteiger partial charge in [0.05, 0.1) is 18.3 Å². The SMILES string of the molecule is [2H]c1c(OC)c(OC)c([2H])c2c1C1([2H])CC(OC(=O)[C@@H](N)C(C)C)C(C([2H])([2H])C([2H])(C)C([2H])([2H])[2H])CN1C([2H])([2H])C2([2H])[2H]. The molecule has 0 bridgehead atoms. The molecule has 0 aromatic heterocycles. The lowest BCUT2D eigenvalue weighted by atomic mass is 9.79. The van der Waals surface area contributed by atoms with Crippen molar-refractivity contribution >= 4 is 5.97 Å². The van der Waals surface area contributed by atoms with E-state index in [1.54, 1.807) is 13.8 Å². The number of carbonyl (C=O) groups is 1. The van der Waals surface area contributed by atoms with Crippen LogP contribution in [0.15, 0.2) is 12.1 Å². The molecule has 168 valence electrons. The third-order valence-electron chi connectivity index (χ3n) is 5.15. The zero-order valence-corrected chi connectivity index (χ0v) is 17.9. The van der Waals surface area contributed by atoms with E-state index < -0.39 is 104 Å². The monoisotopic (exact) mass is 431 g/mol. The van der Waals surface area contributed by atoms with Gasteiger partial charge < -0.3 is 19.9 Å². The Balaban J connectivity index is 2.39. The summed E-state index contributed by atoms with van der Waals surface area (Å²) in [4.78, 5) is 13.7. The number of rotatable bonds is 7. The fraction of sp³-hybridized carbons (Fsp3) is 0.708. The van der Waals surface area contributed by atoms with E-state index >= 15 is 0 Å². The molecular formula is C24H38N2O4. The lowest BCUT2D eigenvalue weighted by Crippen LogP contribution is -2.51. The van der Waals surface area contributed by atoms with Gasteiger partial charge in [0.15, 0.2) is 11.5 Å². The molecule has 6 heteroatoms. The highest BCUT2D eigenvalue weighted by atomic mass is 16.5. The van der Waals surface area contributed by atoms with Gasteiger partial charge in [0.1, 0.15) is 12.1 Å². The van der Waals surface area contributed by atoms with Crippen molar-refractivity contribution in [2.24, 2.45) is 23.5 Å². The molecule has 0 aliphatic carbocycles. The average Bonchev–Trinajstić information content (AvgIpc) is 2.86. The van der Waals surface area contributed by atoms with Crippen LogP contribution < -0.4 is 15.2 Å². The molecule has 3 rings (SSSR count). The second-order valence-corrected chi connectivity index (χ2v) is 7.69. The number of fused-ring (bicyclic) bond motifs is 3. The molecule has 0 amide bonds. The quantitative estimate of drug-likeness (QED) is 0.666. The van der Waals surface area contributed by atoms with Crippen LogP contribution in [-0.2, 0) is 15.9 Å². The number of ether oxygens (including phenoxy) is 3. The van der Waals surface area contributed by atoms with Crippen LogP contribution in [0.3, 0.4) is 0 Å². The van der Waals surface area contributed by atoms with E-state index in [-0.39, 0.29) is 11.5 Å². The highest BCUT2D eigenvalue weighted by Gasteiger charge is 2.41. The van der Waals surface area contributed by atoms with Crippen LogP contribution in [0, 0.1) is 17.7 Å². The Labute approximate surface area is 199 Å². The molecule has 1 aromatic rings. The van der Waals surface area contributed by atoms with Gasteiger partial charge in [-0.2, -0.15) is 0 Å². The molecule has 2 aliphatic rings. The fourth-order valence-electron chi connectivity index (χ4n) is 3.44. The number of nitrogens with two attached hydrogens (primary N) is 1. The van der Waals surface area contributed by atoms with E-state index in [0.29, 0.717) is 4.90 Å². The molecule has 5 atom stereocenters. The van der Waals surface area contributed by atoms with Gasteiger partial charge in [-0.15, -0.1) is 0 Å². The molecule has 0 spiro atoms. The molecular weight excluding hydrogens is 380 g/mol. The number of hydrogen-bond acceptors (Lipinski definition) is 6. The van der Waals surface area contributed by atoms with E-state index in [1.807, 2.05) is 0 Å². The Morgan fingerprint density at radius 3 is 2.77 bits per heavy atom. The Hall–Kier alpha value is -1.79. The zero-order valence-electron chi connectivity index (χ0n) is 30.9. The van der Waals surface area contributed by atoms with Crippen molar-refractivity contribution in [3.63, 3.8) is 0 Å². The van der Waals surface area contributed by atoms with E-state index in [4.69, 9.17) is 36.4 Å². The van der Waals surface area contributed by atoms with Gasteiger partial charge in [-0.05, 0) is 47.8 Å². The molecule has 2 heterocycles. The first-order valence-corrected chi connectivity index (χ1v) is 9.78. The van der Waals surface area contributed by atoms with Crippen molar-refractivity contribution in [2.75, 3.05) is 27.3 Å². The summed E-state index contributed by atoms with van der Waals surface area (Å²) in [5.74, 6) is -6.73. The zero-order chi connectivity index (χ0) is 33.5. The average molecular weight is 432 g/mol. The van der Waals surface area contributed by atoms with Crippen molar-refractivity contribution in [1.82, 2.24) is 4.90 Å². The van der Waals surface area contributed by atoms with Crippen LogP contribution in [0.4, 0.5) is 0 Å². The predicted octanol–water partition coefficient (Wildman–Crippen LogP) is 3.56. The molecule has 1 aromatic carbocycles. The minimum absolute atomic E-state index is 0.329. The summed E-state index contributed by atoms with van der Waals surface area (Å²) in [7, 11) is 2.32. The molecule has 2 aliphatic heterocycles. The van der Waals surface area contributed by atoms with Gasteiger partial charge in [-0.3, -0.25) is 9.69 Å². The molecule has 1 fully saturated rings. The Morgan fingerprint density at radius 1 is 1.43 bits per heavy atom. The first kappa shape index (κ1) is 11.2. The maximum Gasteiger partial charge on any atom is 0.323 e. The molecule has 4 unspecified atom stereocenters. The van der Waals surface area contributed by atoms with Crippen molar-refractivity contribution < 1.29 is 36.8 Å². The fourth-order valence-corrected chi connectivity index (χ4v) is 3.44. The van der Waals surface area contributed by atoms with Crippen LogP contribution in [-0.4, -0.2) is 50.3 Å². The lowest BCUT2D eigenvalue weighted by Gasteiger charge is -2.47. The lowest BCUT2D eigenvalue weighted by molar-refractivity contribution is -0.160. The van der Waals surface area contributed by atoms with Crippen LogP contribution >= 0.6 is 0 Å². The summed E-state index contributed by atoms with van der Waals surface area (Å²) in [6, 6.07) is -4.93. The Bertz CT molecular complexity index is 1270. The third kappa shape index (κ3) is 4.75. The number of methoxy groups -OCH3 is 2. The molecule has 30 heavy (non-hydrogen) atoms. The van der Waals surface area contributed by atoms with Gasteiger partial charge in [0.25, 0.3) is 0 Å². The van der Waals surface area contributed by atoms with Crippen LogP contribution in [0.2, 0.25) is 0 Å². The van der Waals surface area contributed by atoms with E-state index in [2.05, 4.69) is 0 Å². The number of carbonyl (C=O) groups excluding carboxylic acids is 1. The minimum Gasteiger partial charge on any atom is -0.493 e. The van der Waals surface area contributed by atoms with Gasteiger partial charge in [-0.1, -0.05) is 27.6 Å². The number of esters is 1. The largest absolute Gasteiger partial charge is 0.493 e. The topological polar surface area (TPSA) is 74.0 Å². The minimum atomic E-state index is -3.20. The van der Waals surface area contributed by atoms with Crippen LogP contribution in [0.25, 0.3) is 0 Å². The third-order valence-corrected chi connectivity index (χ3v) is 5.15. The van der Waals surface area contributed by atoms with E-state index in [0.717, 1.165) is 14.0 Å². The highest BCUT2D eigenvalue weighted by molar-refractivity contribution is 5.76. The Kier molecular flexibility index (Phi) is 3.57. The maximum atomic E-state index is 13.1. The van der Waals surface area contributed by atoms with Crippen molar-refractivity contribution in [1.29, 1.82) is 0 Å². The second kappa shape index (κ2) is 9.56. The summed E-state index contributed by atoms with van der Waals surface area (Å²) in [5, 5.41) is 0. The maximum absolute atomic E-state index is 13.1. The van der Waals surface area contributed by atoms with Crippen molar-refractivity contribution in [3.8, 4) is 11.5 Å². The summed E-state index contributed by atoms with van der Waals surface area (Å²) in [5.41, 5.74) is 4.83. The standard InChI is InChI=1S/C24H38N2O4/c1-14(2)9-17-13-26-8-7-16-10-21(28-5)22(29-6)11-18(16)19(26)12-20(17)30-24(27)23(25)15(3)4/h10-11,14-15,17,19-20,23H,7-9,12-13,25H2,1-6H3/t17?,19?,20?,23-/m0/s1/i1D3,7D2,8D2,9D2,10D,11D,14D,19D/t14?,17?,19?,20?,23-. The molecule has 0 radical (unpaired) electrons. The Morgan fingerprint density at radius 2 is 2.13 bits per heavy atom. The van der Waals surface area contributed by atoms with Gasteiger partial charge in [0.2, 0.25) is 0 Å². The first-order chi connectivity index (χ1) is 19.3. The highest BCUT2D eigenvalue weighted by Crippen LogP contribution is 2.44. The van der Waals surface area contributed by atoms with E-state index in [9.17, 15) is 6.17 Å². The molecule has 6 nitrogen and oxygen atoms in total. The van der Waals surface area contributed by atoms with E-state index in [1.165, 1.54) is 7.11 Å². The first-order valence-electron chi connectivity index (χ1n) is 16.3. The second-order valence-electron chi connectivity index (χ2n) is 7.69. The predicted molar refractivity (Wildman–Crippen MR) is 118 cm³/mol. The molecule has 0 saturated carbocycles. The number of hydrogen-bond donors (Lipinski definition) is 1. The van der Waals surface area contributed by atoms with Crippen LogP contribution in [0.1, 0.15) is 75.4 Å². The van der Waals surface area contributed by atoms with Crippen molar-refractivity contribution in [3.05, 3.63) is 23.2 Å². The number of benzene rings is 1. The summed E-state index contributed by atoms with van der Waals surface area (Å²) < 4.78 is 129. The summed E-state index contributed by atoms with van der Waals surface area (Å²) in [6.07, 6.45) is -8.58. The smallest absolute Gasteiger partial charge is 0.323 e. The van der Waals surface area contributed by atoms with Crippen LogP contribution in [0.5, 0.6) is 11.5 Å². The molecule has 1 saturated heterocycles. The summed E-state index contributed by atoms with van der Waals surface area (Å²) >= 11 is 0. The number of piperidine rings is 1. The number of nitrogens with zero attached hydrogens (tertiary/aromatic N) is 1. The van der Waals surface area contributed by atoms with Gasteiger partial charge >= 0.3 is 5.97 Å².